The molecule has 47 heavy (non-hydrogen) atoms. The van der Waals surface area contributed by atoms with Crippen molar-refractivity contribution in [3.05, 3.63) is 143 Å². The number of hydrogen-bond acceptors (Lipinski definition) is 5. The number of carbonyl (C=O) groups excluding carboxylic acids is 2. The normalized spacial score (nSPS) is 11.5. The zero-order chi connectivity index (χ0) is 34.7. The van der Waals surface area contributed by atoms with E-state index in [1.807, 2.05) is 81.1 Å². The van der Waals surface area contributed by atoms with Gasteiger partial charge in [-0.3, -0.25) is 9.59 Å². The Hall–Kier alpha value is -4.94. The van der Waals surface area contributed by atoms with Crippen molar-refractivity contribution in [2.75, 3.05) is 11.9 Å². The van der Waals surface area contributed by atoms with Gasteiger partial charge < -0.3 is 19.6 Å². The molecule has 0 aromatic heterocycles. The van der Waals surface area contributed by atoms with Crippen molar-refractivity contribution in [2.45, 2.75) is 66.0 Å². The zero-order valence-electron chi connectivity index (χ0n) is 28.8. The molecule has 6 nitrogen and oxygen atoms in total. The quantitative estimate of drug-likeness (QED) is 0.177. The number of hydrogen-bond donors (Lipinski definition) is 1. The summed E-state index contributed by atoms with van der Waals surface area (Å²) in [5.74, 6) is 0.967. The number of nitrogens with zero attached hydrogens (tertiary/aromatic N) is 2. The molecule has 0 radical (unpaired) electrons. The van der Waals surface area contributed by atoms with Crippen LogP contribution in [0.4, 0.5) is 5.69 Å². The van der Waals surface area contributed by atoms with Crippen molar-refractivity contribution in [1.29, 1.82) is 0 Å². The van der Waals surface area contributed by atoms with Gasteiger partial charge in [-0.15, -0.1) is 0 Å². The van der Waals surface area contributed by atoms with Crippen LogP contribution < -0.4 is 9.64 Å². The molecule has 6 heteroatoms. The van der Waals surface area contributed by atoms with Crippen LogP contribution in [0.5, 0.6) is 11.5 Å². The number of aliphatic hydroxyl groups is 1. The second kappa shape index (κ2) is 13.8. The summed E-state index contributed by atoms with van der Waals surface area (Å²) in [5, 5.41) is 9.93. The van der Waals surface area contributed by atoms with Gasteiger partial charge in [0.2, 0.25) is 0 Å². The smallest absolute Gasteiger partial charge is 0.254 e. The Morgan fingerprint density at radius 1 is 0.809 bits per heavy atom. The van der Waals surface area contributed by atoms with Crippen molar-refractivity contribution >= 4 is 23.1 Å². The fourth-order valence-corrected chi connectivity index (χ4v) is 5.12. The molecule has 0 aliphatic carbocycles. The summed E-state index contributed by atoms with van der Waals surface area (Å²) < 4.78 is 6.09. The van der Waals surface area contributed by atoms with Gasteiger partial charge in [0.05, 0.1) is 6.61 Å². The summed E-state index contributed by atoms with van der Waals surface area (Å²) in [7, 11) is 1.72. The molecule has 0 saturated heterocycles. The summed E-state index contributed by atoms with van der Waals surface area (Å²) in [6.45, 7) is 22.4. The van der Waals surface area contributed by atoms with E-state index < -0.39 is 5.54 Å². The van der Waals surface area contributed by atoms with E-state index in [1.165, 1.54) is 5.56 Å². The Morgan fingerprint density at radius 3 is 1.85 bits per heavy atom. The first-order valence-electron chi connectivity index (χ1n) is 15.7. The fraction of sp³-hybridized carbons (Fsp3) is 0.268. The average molecular weight is 631 g/mol. The minimum absolute atomic E-state index is 0.0704. The summed E-state index contributed by atoms with van der Waals surface area (Å²) in [6, 6.07) is 26.1. The Kier molecular flexibility index (Phi) is 10.3. The Balaban J connectivity index is 1.57. The Labute approximate surface area is 279 Å². The molecule has 0 aliphatic rings. The summed E-state index contributed by atoms with van der Waals surface area (Å²) in [5.41, 5.74) is 5.68. The summed E-state index contributed by atoms with van der Waals surface area (Å²) >= 11 is 0. The van der Waals surface area contributed by atoms with Crippen molar-refractivity contribution in [2.24, 2.45) is 0 Å². The lowest BCUT2D eigenvalue weighted by atomic mass is 9.87. The van der Waals surface area contributed by atoms with Crippen molar-refractivity contribution in [3.8, 4) is 11.5 Å². The number of aryl methyl sites for hydroxylation is 1. The van der Waals surface area contributed by atoms with E-state index in [0.29, 0.717) is 33.7 Å². The molecule has 0 aliphatic heterocycles. The molecule has 244 valence electrons. The van der Waals surface area contributed by atoms with E-state index in [9.17, 15) is 14.7 Å². The molecular weight excluding hydrogens is 584 g/mol. The van der Waals surface area contributed by atoms with Gasteiger partial charge in [0.1, 0.15) is 11.5 Å². The maximum absolute atomic E-state index is 13.8. The molecule has 0 bridgehead atoms. The van der Waals surface area contributed by atoms with Crippen molar-refractivity contribution in [1.82, 2.24) is 4.90 Å². The number of carbonyl (C=O) groups is 2. The van der Waals surface area contributed by atoms with Crippen LogP contribution in [-0.2, 0) is 12.0 Å². The molecular formula is C41H46N2O4. The summed E-state index contributed by atoms with van der Waals surface area (Å²) in [4.78, 5) is 30.6. The van der Waals surface area contributed by atoms with E-state index in [1.54, 1.807) is 42.4 Å². The highest BCUT2D eigenvalue weighted by molar-refractivity contribution is 6.11. The molecule has 4 aromatic rings. The highest BCUT2D eigenvalue weighted by atomic mass is 16.5. The van der Waals surface area contributed by atoms with Gasteiger partial charge in [-0.2, -0.15) is 0 Å². The number of ketones is 1. The zero-order valence-corrected chi connectivity index (χ0v) is 28.8. The van der Waals surface area contributed by atoms with E-state index in [4.69, 9.17) is 4.74 Å². The van der Waals surface area contributed by atoms with Gasteiger partial charge in [0, 0.05) is 52.4 Å². The molecule has 0 saturated carbocycles. The summed E-state index contributed by atoms with van der Waals surface area (Å²) in [6.07, 6.45) is 1.69. The third-order valence-electron chi connectivity index (χ3n) is 8.44. The number of aliphatic hydroxyl groups excluding tert-OH is 1. The van der Waals surface area contributed by atoms with Crippen LogP contribution in [0.15, 0.2) is 104 Å². The molecule has 0 atom stereocenters. The van der Waals surface area contributed by atoms with E-state index in [-0.39, 0.29) is 23.7 Å². The van der Waals surface area contributed by atoms with Gasteiger partial charge in [-0.25, -0.2) is 0 Å². The lowest BCUT2D eigenvalue weighted by Gasteiger charge is -2.32. The van der Waals surface area contributed by atoms with E-state index in [0.717, 1.165) is 22.6 Å². The van der Waals surface area contributed by atoms with Gasteiger partial charge in [-0.1, -0.05) is 70.3 Å². The van der Waals surface area contributed by atoms with E-state index in [2.05, 4.69) is 46.1 Å². The standard InChI is InChI=1S/C41H46N2O4/c1-11-43(33-18-22-35(23-19-33)47-34-20-16-32(17-21-34)40(4,5)6)28(3)36-24-29(13-12-27(36)2)38(45)30-14-15-31(26-44)37(25-30)39(46)42(10)41(7,8)9/h11-25,44H,1,3,26H2,2,4-10H3. The number of ether oxygens (including phenoxy) is 1. The molecule has 4 aromatic carbocycles. The Morgan fingerprint density at radius 2 is 1.34 bits per heavy atom. The maximum atomic E-state index is 13.8. The number of anilines is 1. The maximum Gasteiger partial charge on any atom is 0.254 e. The Bertz CT molecular complexity index is 1790. The van der Waals surface area contributed by atoms with Crippen LogP contribution in [0.1, 0.15) is 90.1 Å². The highest BCUT2D eigenvalue weighted by Crippen LogP contribution is 2.32. The van der Waals surface area contributed by atoms with Crippen LogP contribution >= 0.6 is 0 Å². The molecule has 1 N–H and O–H groups in total. The highest BCUT2D eigenvalue weighted by Gasteiger charge is 2.26. The molecule has 1 amide bonds. The predicted molar refractivity (Wildman–Crippen MR) is 192 cm³/mol. The van der Waals surface area contributed by atoms with E-state index >= 15 is 0 Å². The minimum Gasteiger partial charge on any atom is -0.457 e. The lowest BCUT2D eigenvalue weighted by Crippen LogP contribution is -2.42. The topological polar surface area (TPSA) is 70.1 Å². The number of benzene rings is 4. The molecule has 0 spiro atoms. The van der Waals surface area contributed by atoms with Crippen LogP contribution in [0.3, 0.4) is 0 Å². The third kappa shape index (κ3) is 7.90. The first-order chi connectivity index (χ1) is 22.0. The average Bonchev–Trinajstić information content (AvgIpc) is 3.04. The molecule has 0 heterocycles. The first-order valence-corrected chi connectivity index (χ1v) is 15.7. The SMILES string of the molecule is C=CN(C(=C)c1cc(C(=O)c2ccc(CO)c(C(=O)N(C)C(C)(C)C)c2)ccc1C)c1ccc(Oc2ccc(C(C)(C)C)cc2)cc1. The van der Waals surface area contributed by atoms with Crippen LogP contribution in [-0.4, -0.2) is 34.3 Å². The fourth-order valence-electron chi connectivity index (χ4n) is 5.12. The first kappa shape index (κ1) is 34.9. The van der Waals surface area contributed by atoms with Crippen molar-refractivity contribution in [3.63, 3.8) is 0 Å². The second-order valence-corrected chi connectivity index (χ2v) is 13.8. The minimum atomic E-state index is -0.432. The van der Waals surface area contributed by atoms with Gasteiger partial charge >= 0.3 is 0 Å². The molecule has 4 rings (SSSR count). The largest absolute Gasteiger partial charge is 0.457 e. The molecule has 0 fully saturated rings. The van der Waals surface area contributed by atoms with Gasteiger partial charge in [0.25, 0.3) is 5.91 Å². The van der Waals surface area contributed by atoms with Crippen LogP contribution in [0, 0.1) is 6.92 Å². The number of rotatable bonds is 10. The van der Waals surface area contributed by atoms with Crippen LogP contribution in [0.25, 0.3) is 5.70 Å². The predicted octanol–water partition coefficient (Wildman–Crippen LogP) is 9.30. The van der Waals surface area contributed by atoms with Crippen molar-refractivity contribution < 1.29 is 19.4 Å². The third-order valence-corrected chi connectivity index (χ3v) is 8.44. The second-order valence-electron chi connectivity index (χ2n) is 13.8. The van der Waals surface area contributed by atoms with Crippen LogP contribution in [0.2, 0.25) is 0 Å². The van der Waals surface area contributed by atoms with Gasteiger partial charge in [-0.05, 0) is 98.3 Å². The number of amides is 1. The lowest BCUT2D eigenvalue weighted by molar-refractivity contribution is 0.0652. The van der Waals surface area contributed by atoms with Gasteiger partial charge in [0.15, 0.2) is 5.78 Å². The molecule has 0 unspecified atom stereocenters. The monoisotopic (exact) mass is 630 g/mol.